The van der Waals surface area contributed by atoms with E-state index in [9.17, 15) is 14.4 Å². The lowest BCUT2D eigenvalue weighted by Crippen LogP contribution is -2.42. The van der Waals surface area contributed by atoms with Gasteiger partial charge in [-0.05, 0) is 68.8 Å². The van der Waals surface area contributed by atoms with Gasteiger partial charge in [0, 0.05) is 23.8 Å². The van der Waals surface area contributed by atoms with E-state index in [1.165, 1.54) is 4.90 Å². The largest absolute Gasteiger partial charge is 0.463 e. The van der Waals surface area contributed by atoms with Crippen molar-refractivity contribution in [3.63, 3.8) is 0 Å². The third-order valence-corrected chi connectivity index (χ3v) is 10.0. The zero-order chi connectivity index (χ0) is 34.2. The van der Waals surface area contributed by atoms with Crippen LogP contribution in [0, 0.1) is 12.3 Å². The molecule has 50 heavy (non-hydrogen) atoms. The lowest BCUT2D eigenvalue weighted by atomic mass is 9.98. The zero-order valence-corrected chi connectivity index (χ0v) is 27.2. The van der Waals surface area contributed by atoms with Gasteiger partial charge in [0.15, 0.2) is 0 Å². The van der Waals surface area contributed by atoms with Crippen LogP contribution < -0.4 is 0 Å². The normalized spacial score (nSPS) is 17.2. The summed E-state index contributed by atoms with van der Waals surface area (Å²) in [6.45, 7) is 0.181. The smallest absolute Gasteiger partial charge is 0.410 e. The van der Waals surface area contributed by atoms with Crippen molar-refractivity contribution in [2.24, 2.45) is 0 Å². The van der Waals surface area contributed by atoms with Crippen molar-refractivity contribution in [3.05, 3.63) is 155 Å². The van der Waals surface area contributed by atoms with Gasteiger partial charge < -0.3 is 14.2 Å². The molecule has 7 nitrogen and oxygen atoms in total. The molecule has 1 saturated heterocycles. The van der Waals surface area contributed by atoms with Crippen LogP contribution in [0.2, 0.25) is 0 Å². The summed E-state index contributed by atoms with van der Waals surface area (Å²) in [7, 11) is 0. The van der Waals surface area contributed by atoms with Crippen molar-refractivity contribution in [3.8, 4) is 34.6 Å². The monoisotopic (exact) mass is 659 g/mol. The fourth-order valence-corrected chi connectivity index (χ4v) is 7.61. The molecule has 1 aliphatic heterocycles. The van der Waals surface area contributed by atoms with E-state index in [0.717, 1.165) is 44.5 Å². The lowest BCUT2D eigenvalue weighted by molar-refractivity contribution is -0.148. The zero-order valence-electron chi connectivity index (χ0n) is 27.2. The fourth-order valence-electron chi connectivity index (χ4n) is 7.61. The van der Waals surface area contributed by atoms with Crippen LogP contribution in [-0.4, -0.2) is 54.8 Å². The summed E-state index contributed by atoms with van der Waals surface area (Å²) in [4.78, 5) is 42.1. The minimum Gasteiger partial charge on any atom is -0.463 e. The second-order valence-corrected chi connectivity index (χ2v) is 12.8. The molecule has 0 saturated carbocycles. The number of carbonyl (C=O) groups excluding carboxylic acids is 3. The third kappa shape index (κ3) is 5.59. The van der Waals surface area contributed by atoms with Gasteiger partial charge in [0.05, 0.1) is 12.1 Å². The molecule has 0 bridgehead atoms. The first-order valence-corrected chi connectivity index (χ1v) is 16.7. The molecule has 0 radical (unpaired) electrons. The number of terminal acetylenes is 1. The van der Waals surface area contributed by atoms with Crippen LogP contribution in [0.1, 0.15) is 56.4 Å². The molecular formula is C43H33NO6. The van der Waals surface area contributed by atoms with E-state index in [1.54, 1.807) is 24.3 Å². The Kier molecular flexibility index (Phi) is 8.14. The molecule has 0 aromatic heterocycles. The summed E-state index contributed by atoms with van der Waals surface area (Å²) >= 11 is 0. The lowest BCUT2D eigenvalue weighted by Gasteiger charge is -2.24. The summed E-state index contributed by atoms with van der Waals surface area (Å²) in [5.74, 6) is 1.09. The van der Waals surface area contributed by atoms with Gasteiger partial charge >= 0.3 is 18.0 Å². The van der Waals surface area contributed by atoms with Gasteiger partial charge in [-0.1, -0.05) is 103 Å². The number of fused-ring (bicyclic) bond motifs is 6. The Bertz CT molecular complexity index is 1960. The first-order chi connectivity index (χ1) is 24.5. The molecule has 1 fully saturated rings. The predicted octanol–water partition coefficient (Wildman–Crippen LogP) is 7.57. The molecule has 246 valence electrons. The molecule has 1 amide bonds. The maximum atomic E-state index is 13.9. The number of likely N-dealkylation sites (tertiary alicyclic amines) is 1. The Hall–Kier alpha value is -6.13. The van der Waals surface area contributed by atoms with Crippen LogP contribution in [0.4, 0.5) is 4.79 Å². The van der Waals surface area contributed by atoms with Crippen molar-refractivity contribution in [2.45, 2.75) is 30.4 Å². The molecule has 3 aliphatic rings. The van der Waals surface area contributed by atoms with Gasteiger partial charge in [-0.25, -0.2) is 14.4 Å². The minimum absolute atomic E-state index is 0.0142. The minimum atomic E-state index is -1.00. The number of hydrogen-bond donors (Lipinski definition) is 0. The van der Waals surface area contributed by atoms with Gasteiger partial charge in [-0.2, -0.15) is 0 Å². The standard InChI is InChI=1S/C43H33NO6/c1-2-27-19-21-28(22-20-27)41(45)50-29-23-40(42(46)48-25-38-34-15-7-3-11-30(34)31-12-4-8-16-35(31)38)44(24-29)43(47)49-26-39-36-17-9-5-13-32(36)33-14-6-10-18-37(33)39/h1,3-22,29,38-40H,23-26H2/t29-,40+/m1/s1. The highest BCUT2D eigenvalue weighted by atomic mass is 16.6. The summed E-state index contributed by atoms with van der Waals surface area (Å²) in [5.41, 5.74) is 9.76. The van der Waals surface area contributed by atoms with Gasteiger partial charge in [0.1, 0.15) is 25.4 Å². The van der Waals surface area contributed by atoms with Crippen molar-refractivity contribution in [2.75, 3.05) is 19.8 Å². The number of esters is 2. The molecule has 0 unspecified atom stereocenters. The van der Waals surface area contributed by atoms with Crippen LogP contribution in [0.5, 0.6) is 0 Å². The Morgan fingerprint density at radius 1 is 0.640 bits per heavy atom. The molecule has 7 heteroatoms. The van der Waals surface area contributed by atoms with Gasteiger partial charge in [0.25, 0.3) is 0 Å². The van der Waals surface area contributed by atoms with Crippen molar-refractivity contribution >= 4 is 18.0 Å². The van der Waals surface area contributed by atoms with Crippen LogP contribution in [0.25, 0.3) is 22.3 Å². The highest BCUT2D eigenvalue weighted by Crippen LogP contribution is 2.46. The second kappa shape index (κ2) is 13.1. The number of amides is 1. The van der Waals surface area contributed by atoms with Crippen LogP contribution in [0.3, 0.4) is 0 Å². The average Bonchev–Trinajstić information content (AvgIpc) is 3.83. The Labute approximate surface area is 290 Å². The van der Waals surface area contributed by atoms with Gasteiger partial charge in [-0.15, -0.1) is 6.42 Å². The van der Waals surface area contributed by atoms with E-state index in [1.807, 2.05) is 48.5 Å². The predicted molar refractivity (Wildman–Crippen MR) is 188 cm³/mol. The van der Waals surface area contributed by atoms with Gasteiger partial charge in [-0.3, -0.25) is 4.90 Å². The maximum Gasteiger partial charge on any atom is 0.410 e. The van der Waals surface area contributed by atoms with E-state index in [2.05, 4.69) is 54.5 Å². The molecule has 2 aliphatic carbocycles. The Balaban J connectivity index is 1.01. The van der Waals surface area contributed by atoms with Crippen molar-refractivity contribution in [1.29, 1.82) is 0 Å². The van der Waals surface area contributed by atoms with Gasteiger partial charge in [0.2, 0.25) is 0 Å². The fraction of sp³-hybridized carbons (Fsp3) is 0.186. The molecule has 2 atom stereocenters. The van der Waals surface area contributed by atoms with Crippen molar-refractivity contribution < 1.29 is 28.6 Å². The number of rotatable bonds is 7. The van der Waals surface area contributed by atoms with Crippen LogP contribution >= 0.6 is 0 Å². The molecule has 1 heterocycles. The highest BCUT2D eigenvalue weighted by molar-refractivity contribution is 5.90. The first-order valence-electron chi connectivity index (χ1n) is 16.7. The summed E-state index contributed by atoms with van der Waals surface area (Å²) in [6, 6.07) is 37.9. The maximum absolute atomic E-state index is 13.9. The number of ether oxygens (including phenoxy) is 3. The summed E-state index contributed by atoms with van der Waals surface area (Å²) in [6.07, 6.45) is 4.12. The van der Waals surface area contributed by atoms with Crippen LogP contribution in [0.15, 0.2) is 121 Å². The summed E-state index contributed by atoms with van der Waals surface area (Å²) in [5, 5.41) is 0. The average molecular weight is 660 g/mol. The Morgan fingerprint density at radius 3 is 1.58 bits per heavy atom. The van der Waals surface area contributed by atoms with E-state index < -0.39 is 30.2 Å². The number of hydrogen-bond acceptors (Lipinski definition) is 6. The van der Waals surface area contributed by atoms with Crippen LogP contribution in [-0.2, 0) is 19.0 Å². The van der Waals surface area contributed by atoms with Crippen molar-refractivity contribution in [1.82, 2.24) is 4.90 Å². The number of nitrogens with zero attached hydrogens (tertiary/aromatic N) is 1. The Morgan fingerprint density at radius 2 is 1.10 bits per heavy atom. The molecular weight excluding hydrogens is 626 g/mol. The summed E-state index contributed by atoms with van der Waals surface area (Å²) < 4.78 is 17.8. The first kappa shape index (κ1) is 31.2. The highest BCUT2D eigenvalue weighted by Gasteiger charge is 2.44. The topological polar surface area (TPSA) is 82.1 Å². The SMILES string of the molecule is C#Cc1ccc(C(=O)O[C@@H]2C[C@@H](C(=O)OCC3c4ccccc4-c4ccccc43)N(C(=O)OCC3c4ccccc4-c4ccccc43)C2)cc1. The van der Waals surface area contributed by atoms with E-state index in [4.69, 9.17) is 20.6 Å². The van der Waals surface area contributed by atoms with E-state index in [-0.39, 0.29) is 38.0 Å². The number of benzene rings is 5. The molecule has 5 aromatic carbocycles. The second-order valence-electron chi connectivity index (χ2n) is 12.8. The third-order valence-electron chi connectivity index (χ3n) is 10.0. The molecule has 0 N–H and O–H groups in total. The van der Waals surface area contributed by atoms with E-state index >= 15 is 0 Å². The number of carbonyl (C=O) groups is 3. The molecule has 0 spiro atoms. The molecule has 8 rings (SSSR count). The quantitative estimate of drug-likeness (QED) is 0.102. The van der Waals surface area contributed by atoms with E-state index in [0.29, 0.717) is 11.1 Å². The molecule has 5 aromatic rings.